The third-order valence-corrected chi connectivity index (χ3v) is 10.4. The van der Waals surface area contributed by atoms with Crippen LogP contribution in [-0.2, 0) is 25.7 Å². The zero-order valence-electron chi connectivity index (χ0n) is 25.4. The van der Waals surface area contributed by atoms with Crippen LogP contribution < -0.4 is 26.8 Å². The van der Waals surface area contributed by atoms with E-state index in [0.717, 1.165) is 30.6 Å². The molecule has 2 saturated carbocycles. The molecule has 2 aromatic rings. The summed E-state index contributed by atoms with van der Waals surface area (Å²) in [4.78, 5) is 76.7. The molecule has 0 radical (unpaired) electrons. The molecule has 0 aromatic carbocycles. The molecule has 11 nitrogen and oxygen atoms in total. The Labute approximate surface area is 265 Å². The molecule has 5 unspecified atom stereocenters. The lowest BCUT2D eigenvalue weighted by atomic mass is 9.63. The van der Waals surface area contributed by atoms with Crippen molar-refractivity contribution in [3.05, 3.63) is 49.5 Å². The summed E-state index contributed by atoms with van der Waals surface area (Å²) in [6, 6.07) is 1.73. The van der Waals surface area contributed by atoms with Crippen LogP contribution in [0, 0.1) is 30.6 Å². The molecular formula is C31H40ClN5O6S. The third kappa shape index (κ3) is 7.95. The van der Waals surface area contributed by atoms with Crippen molar-refractivity contribution in [3.63, 3.8) is 0 Å². The monoisotopic (exact) mass is 645 g/mol. The highest BCUT2D eigenvalue weighted by Gasteiger charge is 2.40. The Kier molecular flexibility index (Phi) is 11.0. The maximum Gasteiger partial charge on any atom is 0.287 e. The molecule has 4 amide bonds. The van der Waals surface area contributed by atoms with Crippen LogP contribution in [-0.4, -0.2) is 53.1 Å². The maximum absolute atomic E-state index is 13.3. The number of nitrogens with zero attached hydrogens (tertiary/aromatic N) is 1. The number of likely N-dealkylation sites (N-methyl/N-ethyl adjacent to an activating group) is 1. The molecule has 0 saturated heterocycles. The Balaban J connectivity index is 1.45. The van der Waals surface area contributed by atoms with Crippen LogP contribution in [0.3, 0.4) is 0 Å². The summed E-state index contributed by atoms with van der Waals surface area (Å²) < 4.78 is 1.22. The van der Waals surface area contributed by atoms with Crippen molar-refractivity contribution in [2.45, 2.75) is 77.9 Å². The summed E-state index contributed by atoms with van der Waals surface area (Å²) in [6.07, 6.45) is 5.47. The van der Waals surface area contributed by atoms with Crippen molar-refractivity contribution < 1.29 is 24.0 Å². The number of hydrogen-bond donors (Lipinski definition) is 4. The number of ketones is 1. The number of thiophene rings is 1. The van der Waals surface area contributed by atoms with E-state index < -0.39 is 35.1 Å². The predicted octanol–water partition coefficient (Wildman–Crippen LogP) is 3.28. The van der Waals surface area contributed by atoms with Crippen molar-refractivity contribution in [3.8, 4) is 0 Å². The fraction of sp³-hybridized carbons (Fsp3) is 0.548. The van der Waals surface area contributed by atoms with E-state index in [4.69, 9.17) is 11.6 Å². The second-order valence-electron chi connectivity index (χ2n) is 12.2. The van der Waals surface area contributed by atoms with Crippen LogP contribution >= 0.6 is 22.9 Å². The van der Waals surface area contributed by atoms with Crippen molar-refractivity contribution in [2.24, 2.45) is 23.7 Å². The minimum Gasteiger partial charge on any atom is -0.353 e. The Morgan fingerprint density at radius 3 is 2.55 bits per heavy atom. The standard InChI is InChI=1S/C31H40ClN5O6S/c1-16-10-19-12-17(2)26(20(11-16)13-19)36-24(39)14-37-9-5-6-22(31(37)43)35-28(40)21(7-8-23(38)29(41)33-4)34-30(42)27-25(32)18(3)15-44-27/h5-6,9,15-17,19-21,26H,7-8,10-14H2,1-4H3,(H,33,41)(H,34,42)(H,35,40)(H,36,39)/t16?,17?,19?,20?,21-,26?/m0/s1. The summed E-state index contributed by atoms with van der Waals surface area (Å²) in [7, 11) is 1.31. The second-order valence-corrected chi connectivity index (χ2v) is 13.5. The number of pyridine rings is 1. The highest BCUT2D eigenvalue weighted by atomic mass is 35.5. The number of aromatic nitrogens is 1. The van der Waals surface area contributed by atoms with E-state index in [1.165, 1.54) is 36.4 Å². The zero-order valence-corrected chi connectivity index (χ0v) is 27.0. The number of carbonyl (C=O) groups is 5. The molecule has 4 N–H and O–H groups in total. The molecule has 2 bridgehead atoms. The molecule has 2 heterocycles. The van der Waals surface area contributed by atoms with E-state index >= 15 is 0 Å². The smallest absolute Gasteiger partial charge is 0.287 e. The first kappa shape index (κ1) is 33.4. The van der Waals surface area contributed by atoms with Crippen molar-refractivity contribution in [2.75, 3.05) is 12.4 Å². The van der Waals surface area contributed by atoms with E-state index in [9.17, 15) is 28.8 Å². The van der Waals surface area contributed by atoms with Gasteiger partial charge in [0.1, 0.15) is 23.2 Å². The minimum atomic E-state index is -1.26. The lowest BCUT2D eigenvalue weighted by molar-refractivity contribution is -0.137. The second kappa shape index (κ2) is 14.5. The van der Waals surface area contributed by atoms with Crippen LogP contribution in [0.15, 0.2) is 28.5 Å². The number of carbonyl (C=O) groups excluding carboxylic acids is 5. The normalized spacial score (nSPS) is 23.2. The summed E-state index contributed by atoms with van der Waals surface area (Å²) in [5.41, 5.74) is 0.00608. The maximum atomic E-state index is 13.3. The molecule has 0 aliphatic heterocycles. The average Bonchev–Trinajstić information content (AvgIpc) is 3.31. The zero-order chi connectivity index (χ0) is 32.1. The first-order valence-electron chi connectivity index (χ1n) is 15.0. The van der Waals surface area contributed by atoms with Gasteiger partial charge in [0.2, 0.25) is 17.6 Å². The number of rotatable bonds is 11. The van der Waals surface area contributed by atoms with Crippen LogP contribution in [0.2, 0.25) is 5.02 Å². The largest absolute Gasteiger partial charge is 0.353 e. The molecule has 238 valence electrons. The number of hydrogen-bond acceptors (Lipinski definition) is 7. The van der Waals surface area contributed by atoms with Crippen LogP contribution in [0.5, 0.6) is 0 Å². The van der Waals surface area contributed by atoms with Gasteiger partial charge in [-0.05, 0) is 85.8 Å². The van der Waals surface area contributed by atoms with E-state index in [2.05, 4.69) is 35.1 Å². The van der Waals surface area contributed by atoms with Gasteiger partial charge in [-0.15, -0.1) is 11.3 Å². The van der Waals surface area contributed by atoms with Crippen molar-refractivity contribution in [1.82, 2.24) is 20.5 Å². The van der Waals surface area contributed by atoms with Gasteiger partial charge in [-0.2, -0.15) is 0 Å². The fourth-order valence-corrected chi connectivity index (χ4v) is 7.83. The third-order valence-electron chi connectivity index (χ3n) is 8.69. The Hall–Kier alpha value is -3.51. The van der Waals surface area contributed by atoms with E-state index in [1.807, 2.05) is 0 Å². The highest BCUT2D eigenvalue weighted by molar-refractivity contribution is 7.13. The van der Waals surface area contributed by atoms with E-state index in [0.29, 0.717) is 29.2 Å². The number of fused-ring (bicyclic) bond motifs is 2. The van der Waals surface area contributed by atoms with Crippen LogP contribution in [0.25, 0.3) is 0 Å². The van der Waals surface area contributed by atoms with Crippen molar-refractivity contribution >= 4 is 58.0 Å². The molecule has 4 rings (SSSR count). The van der Waals surface area contributed by atoms with Gasteiger partial charge in [-0.3, -0.25) is 28.8 Å². The summed E-state index contributed by atoms with van der Waals surface area (Å²) in [6.45, 7) is 5.97. The molecule has 2 fully saturated rings. The molecule has 0 spiro atoms. The Morgan fingerprint density at radius 2 is 1.86 bits per heavy atom. The van der Waals surface area contributed by atoms with Gasteiger partial charge in [-0.25, -0.2) is 0 Å². The summed E-state index contributed by atoms with van der Waals surface area (Å²) in [5, 5.41) is 12.5. The van der Waals surface area contributed by atoms with Gasteiger partial charge in [0, 0.05) is 25.7 Å². The first-order chi connectivity index (χ1) is 20.9. The van der Waals surface area contributed by atoms with Gasteiger partial charge in [0.15, 0.2) is 0 Å². The molecule has 6 atom stereocenters. The van der Waals surface area contributed by atoms with Gasteiger partial charge >= 0.3 is 0 Å². The summed E-state index contributed by atoms with van der Waals surface area (Å²) in [5.74, 6) is -1.12. The van der Waals surface area contributed by atoms with Crippen molar-refractivity contribution in [1.29, 1.82) is 0 Å². The lowest BCUT2D eigenvalue weighted by Crippen LogP contribution is -2.51. The predicted molar refractivity (Wildman–Crippen MR) is 169 cm³/mol. The Bertz CT molecular complexity index is 1480. The number of nitrogens with one attached hydrogen (secondary N) is 4. The molecule has 2 aliphatic carbocycles. The topological polar surface area (TPSA) is 155 Å². The molecule has 13 heteroatoms. The molecule has 2 aromatic heterocycles. The van der Waals surface area contributed by atoms with E-state index in [1.54, 1.807) is 12.3 Å². The van der Waals surface area contributed by atoms with Gasteiger partial charge in [0.25, 0.3) is 17.4 Å². The fourth-order valence-electron chi connectivity index (χ4n) is 6.65. The van der Waals surface area contributed by atoms with Gasteiger partial charge in [0.05, 0.1) is 5.02 Å². The van der Waals surface area contributed by atoms with Gasteiger partial charge in [-0.1, -0.05) is 25.4 Å². The van der Waals surface area contributed by atoms with Gasteiger partial charge < -0.3 is 25.8 Å². The van der Waals surface area contributed by atoms with E-state index in [-0.39, 0.29) is 46.9 Å². The average molecular weight is 646 g/mol. The number of amides is 4. The minimum absolute atomic E-state index is 0.0580. The van der Waals surface area contributed by atoms with Crippen LogP contribution in [0.1, 0.15) is 67.6 Å². The number of aryl methyl sites for hydroxylation is 1. The first-order valence-corrected chi connectivity index (χ1v) is 16.2. The number of anilines is 1. The van der Waals surface area contributed by atoms with Crippen LogP contribution in [0.4, 0.5) is 5.69 Å². The number of halogens is 1. The molecular weight excluding hydrogens is 606 g/mol. The molecule has 2 aliphatic rings. The Morgan fingerprint density at radius 1 is 1.11 bits per heavy atom. The quantitative estimate of drug-likeness (QED) is 0.275. The summed E-state index contributed by atoms with van der Waals surface area (Å²) >= 11 is 7.33. The number of Topliss-reactive ketones (excluding diaryl/α,β-unsaturated/α-hetero) is 1. The molecule has 44 heavy (non-hydrogen) atoms. The lowest BCUT2D eigenvalue weighted by Gasteiger charge is -2.46. The SMILES string of the molecule is CNC(=O)C(=O)CC[C@H](NC(=O)c1scc(C)c1Cl)C(=O)Nc1cccn(CC(=O)NC2C(C)CC3CC(C)CC2C3)c1=O. The highest BCUT2D eigenvalue weighted by Crippen LogP contribution is 2.44.